The lowest BCUT2D eigenvalue weighted by Crippen LogP contribution is -2.52. The van der Waals surface area contributed by atoms with Crippen LogP contribution in [0.1, 0.15) is 44.1 Å². The van der Waals surface area contributed by atoms with Crippen LogP contribution in [0.4, 0.5) is 0 Å². The zero-order valence-corrected chi connectivity index (χ0v) is 13.9. The van der Waals surface area contributed by atoms with Crippen molar-refractivity contribution in [3.05, 3.63) is 34.3 Å². The lowest BCUT2D eigenvalue weighted by Gasteiger charge is -2.41. The predicted octanol–water partition coefficient (Wildman–Crippen LogP) is 3.77. The summed E-state index contributed by atoms with van der Waals surface area (Å²) >= 11 is 3.57. The average molecular weight is 337 g/mol. The molecular formula is C17H25BrN2. The van der Waals surface area contributed by atoms with Gasteiger partial charge in [-0.2, -0.15) is 0 Å². The van der Waals surface area contributed by atoms with Crippen LogP contribution >= 0.6 is 15.9 Å². The zero-order valence-electron chi connectivity index (χ0n) is 12.3. The van der Waals surface area contributed by atoms with Crippen LogP contribution in [0.25, 0.3) is 0 Å². The van der Waals surface area contributed by atoms with Gasteiger partial charge in [0.15, 0.2) is 0 Å². The molecule has 3 rings (SSSR count). The molecule has 1 saturated heterocycles. The van der Waals surface area contributed by atoms with Gasteiger partial charge in [0.2, 0.25) is 0 Å². The van der Waals surface area contributed by atoms with Crippen LogP contribution in [0.15, 0.2) is 28.7 Å². The van der Waals surface area contributed by atoms with E-state index >= 15 is 0 Å². The molecule has 1 aromatic carbocycles. The number of halogens is 1. The summed E-state index contributed by atoms with van der Waals surface area (Å²) in [6.45, 7) is 6.01. The molecule has 0 amide bonds. The summed E-state index contributed by atoms with van der Waals surface area (Å²) in [5, 5.41) is 3.88. The van der Waals surface area contributed by atoms with Crippen LogP contribution in [0.2, 0.25) is 0 Å². The highest BCUT2D eigenvalue weighted by atomic mass is 79.9. The molecule has 110 valence electrons. The molecule has 20 heavy (non-hydrogen) atoms. The highest BCUT2D eigenvalue weighted by Crippen LogP contribution is 2.38. The van der Waals surface area contributed by atoms with Crippen LogP contribution in [0.5, 0.6) is 0 Å². The summed E-state index contributed by atoms with van der Waals surface area (Å²) in [6.07, 6.45) is 5.32. The molecule has 1 N–H and O–H groups in total. The monoisotopic (exact) mass is 336 g/mol. The van der Waals surface area contributed by atoms with E-state index in [-0.39, 0.29) is 0 Å². The van der Waals surface area contributed by atoms with Crippen LogP contribution in [-0.4, -0.2) is 36.6 Å². The van der Waals surface area contributed by atoms with Crippen molar-refractivity contribution in [2.45, 2.75) is 50.6 Å². The molecule has 2 nitrogen and oxygen atoms in total. The molecule has 1 unspecified atom stereocenters. The second-order valence-electron chi connectivity index (χ2n) is 6.32. The minimum absolute atomic E-state index is 0.720. The number of nitrogens with zero attached hydrogens (tertiary/aromatic N) is 1. The van der Waals surface area contributed by atoms with Gasteiger partial charge in [-0.05, 0) is 62.4 Å². The maximum absolute atomic E-state index is 3.88. The molecule has 1 heterocycles. The lowest BCUT2D eigenvalue weighted by molar-refractivity contribution is 0.167. The summed E-state index contributed by atoms with van der Waals surface area (Å²) in [7, 11) is 0. The Morgan fingerprint density at radius 1 is 1.30 bits per heavy atom. The van der Waals surface area contributed by atoms with Crippen LogP contribution in [0, 0.1) is 0 Å². The van der Waals surface area contributed by atoms with Crippen molar-refractivity contribution in [3.8, 4) is 0 Å². The van der Waals surface area contributed by atoms with Gasteiger partial charge in [0.1, 0.15) is 0 Å². The number of piperidine rings is 1. The first kappa shape index (κ1) is 14.6. The molecule has 3 heteroatoms. The SMILES string of the molecule is CCN1CCCC(NC2CC(c3cccc(Br)c3)C2)C1. The average Bonchev–Trinajstić information content (AvgIpc) is 2.42. The maximum Gasteiger partial charge on any atom is 0.0198 e. The number of likely N-dealkylation sites (N-methyl/N-ethyl adjacent to an activating group) is 1. The Balaban J connectivity index is 1.46. The maximum atomic E-state index is 3.88. The van der Waals surface area contributed by atoms with Crippen molar-refractivity contribution in [3.63, 3.8) is 0 Å². The van der Waals surface area contributed by atoms with E-state index in [0.29, 0.717) is 0 Å². The van der Waals surface area contributed by atoms with E-state index in [1.54, 1.807) is 0 Å². The van der Waals surface area contributed by atoms with Gasteiger partial charge in [-0.3, -0.25) is 0 Å². The van der Waals surface area contributed by atoms with E-state index in [2.05, 4.69) is 57.3 Å². The molecule has 0 bridgehead atoms. The Morgan fingerprint density at radius 2 is 2.15 bits per heavy atom. The zero-order chi connectivity index (χ0) is 13.9. The fourth-order valence-electron chi connectivity index (χ4n) is 3.60. The molecule has 0 radical (unpaired) electrons. The first-order valence-electron chi connectivity index (χ1n) is 7.98. The fraction of sp³-hybridized carbons (Fsp3) is 0.647. The van der Waals surface area contributed by atoms with Crippen molar-refractivity contribution in [1.29, 1.82) is 0 Å². The standard InChI is InChI=1S/C17H25BrN2/c1-2-20-8-4-7-16(12-20)19-17-10-14(11-17)13-5-3-6-15(18)9-13/h3,5-6,9,14,16-17,19H,2,4,7-8,10-12H2,1H3. The molecular weight excluding hydrogens is 312 g/mol. The van der Waals surface area contributed by atoms with Crippen LogP contribution in [-0.2, 0) is 0 Å². The molecule has 1 saturated carbocycles. The van der Waals surface area contributed by atoms with E-state index in [4.69, 9.17) is 0 Å². The Morgan fingerprint density at radius 3 is 2.90 bits per heavy atom. The van der Waals surface area contributed by atoms with E-state index in [9.17, 15) is 0 Å². The molecule has 1 atom stereocenters. The van der Waals surface area contributed by atoms with Crippen molar-refractivity contribution in [2.24, 2.45) is 0 Å². The smallest absolute Gasteiger partial charge is 0.0198 e. The fourth-order valence-corrected chi connectivity index (χ4v) is 4.02. The third-order valence-electron chi connectivity index (χ3n) is 4.88. The molecule has 1 aliphatic heterocycles. The predicted molar refractivity (Wildman–Crippen MR) is 88.2 cm³/mol. The summed E-state index contributed by atoms with van der Waals surface area (Å²) in [5.74, 6) is 0.760. The minimum Gasteiger partial charge on any atom is -0.310 e. The topological polar surface area (TPSA) is 15.3 Å². The molecule has 2 aliphatic rings. The van der Waals surface area contributed by atoms with Crippen molar-refractivity contribution >= 4 is 15.9 Å². The Bertz CT molecular complexity index is 442. The highest BCUT2D eigenvalue weighted by Gasteiger charge is 2.32. The molecule has 2 fully saturated rings. The second kappa shape index (κ2) is 6.59. The quantitative estimate of drug-likeness (QED) is 0.900. The first-order valence-corrected chi connectivity index (χ1v) is 8.77. The van der Waals surface area contributed by atoms with Gasteiger partial charge in [0.05, 0.1) is 0 Å². The van der Waals surface area contributed by atoms with E-state index < -0.39 is 0 Å². The molecule has 0 spiro atoms. The van der Waals surface area contributed by atoms with Gasteiger partial charge in [-0.25, -0.2) is 0 Å². The first-order chi connectivity index (χ1) is 9.74. The van der Waals surface area contributed by atoms with Gasteiger partial charge in [-0.15, -0.1) is 0 Å². The summed E-state index contributed by atoms with van der Waals surface area (Å²) in [4.78, 5) is 2.58. The van der Waals surface area contributed by atoms with E-state index in [1.807, 2.05) is 0 Å². The summed E-state index contributed by atoms with van der Waals surface area (Å²) < 4.78 is 1.21. The lowest BCUT2D eigenvalue weighted by atomic mass is 9.75. The Labute approximate surface area is 131 Å². The number of benzene rings is 1. The summed E-state index contributed by atoms with van der Waals surface area (Å²) in [6, 6.07) is 10.3. The van der Waals surface area contributed by atoms with Crippen molar-refractivity contribution < 1.29 is 0 Å². The Kier molecular flexibility index (Phi) is 4.79. The van der Waals surface area contributed by atoms with E-state index in [0.717, 1.165) is 18.0 Å². The van der Waals surface area contributed by atoms with Crippen molar-refractivity contribution in [1.82, 2.24) is 10.2 Å². The third-order valence-corrected chi connectivity index (χ3v) is 5.38. The van der Waals surface area contributed by atoms with Gasteiger partial charge in [0.25, 0.3) is 0 Å². The highest BCUT2D eigenvalue weighted by molar-refractivity contribution is 9.10. The van der Waals surface area contributed by atoms with Gasteiger partial charge in [0, 0.05) is 23.1 Å². The normalized spacial score (nSPS) is 31.0. The van der Waals surface area contributed by atoms with Gasteiger partial charge < -0.3 is 10.2 Å². The van der Waals surface area contributed by atoms with Gasteiger partial charge >= 0.3 is 0 Å². The van der Waals surface area contributed by atoms with Crippen LogP contribution in [0.3, 0.4) is 0 Å². The Hall–Kier alpha value is -0.380. The number of rotatable bonds is 4. The van der Waals surface area contributed by atoms with E-state index in [1.165, 1.54) is 55.4 Å². The third kappa shape index (κ3) is 3.44. The number of hydrogen-bond acceptors (Lipinski definition) is 2. The van der Waals surface area contributed by atoms with Gasteiger partial charge in [-0.1, -0.05) is 35.0 Å². The number of hydrogen-bond donors (Lipinski definition) is 1. The molecule has 1 aromatic rings. The minimum atomic E-state index is 0.720. The number of likely N-dealkylation sites (tertiary alicyclic amines) is 1. The second-order valence-corrected chi connectivity index (χ2v) is 7.23. The largest absolute Gasteiger partial charge is 0.310 e. The molecule has 0 aromatic heterocycles. The summed E-state index contributed by atoms with van der Waals surface area (Å²) in [5.41, 5.74) is 1.50. The van der Waals surface area contributed by atoms with Crippen molar-refractivity contribution in [2.75, 3.05) is 19.6 Å². The van der Waals surface area contributed by atoms with Crippen LogP contribution < -0.4 is 5.32 Å². The molecule has 1 aliphatic carbocycles. The number of nitrogens with one attached hydrogen (secondary N) is 1.